The molecule has 1 amide bonds. The van der Waals surface area contributed by atoms with Gasteiger partial charge in [-0.15, -0.1) is 11.3 Å². The van der Waals surface area contributed by atoms with E-state index in [0.29, 0.717) is 16.2 Å². The summed E-state index contributed by atoms with van der Waals surface area (Å²) in [6, 6.07) is 15.7. The lowest BCUT2D eigenvalue weighted by atomic mass is 10.2. The highest BCUT2D eigenvalue weighted by Crippen LogP contribution is 2.24. The molecule has 0 aliphatic rings. The Bertz CT molecular complexity index is 981. The van der Waals surface area contributed by atoms with E-state index in [0.717, 1.165) is 0 Å². The Morgan fingerprint density at radius 2 is 1.78 bits per heavy atom. The Balaban J connectivity index is 1.75. The van der Waals surface area contributed by atoms with Gasteiger partial charge in [0.25, 0.3) is 5.91 Å². The molecule has 1 aromatic heterocycles. The number of benzene rings is 2. The average molecular weight is 383 g/mol. The fourth-order valence-corrected chi connectivity index (χ4v) is 2.82. The summed E-state index contributed by atoms with van der Waals surface area (Å²) in [5, 5.41) is 13.4. The molecule has 0 saturated heterocycles. The fraction of sp³-hybridized carbons (Fsp3) is 0. The SMILES string of the molecule is O=C(O)/C(=C/c1ccc(Oc2ccccc2F)cc1)NC(=O)c1cccs1. The van der Waals surface area contributed by atoms with Crippen molar-refractivity contribution in [1.82, 2.24) is 5.32 Å². The van der Waals surface area contributed by atoms with E-state index in [4.69, 9.17) is 4.74 Å². The molecule has 7 heteroatoms. The lowest BCUT2D eigenvalue weighted by Crippen LogP contribution is -2.26. The number of hydrogen-bond acceptors (Lipinski definition) is 4. The maximum atomic E-state index is 13.6. The number of carboxylic acids is 1. The summed E-state index contributed by atoms with van der Waals surface area (Å²) in [7, 11) is 0. The van der Waals surface area contributed by atoms with Crippen LogP contribution in [0, 0.1) is 5.82 Å². The van der Waals surface area contributed by atoms with Gasteiger partial charge in [-0.2, -0.15) is 0 Å². The number of aliphatic carboxylic acids is 1. The van der Waals surface area contributed by atoms with Gasteiger partial charge in [-0.05, 0) is 47.4 Å². The van der Waals surface area contributed by atoms with Gasteiger partial charge in [0.1, 0.15) is 11.4 Å². The normalized spacial score (nSPS) is 11.1. The Kier molecular flexibility index (Phi) is 5.63. The fourth-order valence-electron chi connectivity index (χ4n) is 2.20. The first kappa shape index (κ1) is 18.3. The molecule has 5 nitrogen and oxygen atoms in total. The molecule has 3 aromatic rings. The molecule has 2 N–H and O–H groups in total. The van der Waals surface area contributed by atoms with Crippen LogP contribution in [0.2, 0.25) is 0 Å². The van der Waals surface area contributed by atoms with Crippen LogP contribution in [-0.4, -0.2) is 17.0 Å². The van der Waals surface area contributed by atoms with E-state index in [1.807, 2.05) is 0 Å². The average Bonchev–Trinajstić information content (AvgIpc) is 3.19. The van der Waals surface area contributed by atoms with E-state index < -0.39 is 17.7 Å². The summed E-state index contributed by atoms with van der Waals surface area (Å²) in [5.41, 5.74) is 0.288. The summed E-state index contributed by atoms with van der Waals surface area (Å²) in [6.07, 6.45) is 1.33. The van der Waals surface area contributed by atoms with Crippen LogP contribution in [-0.2, 0) is 4.79 Å². The summed E-state index contributed by atoms with van der Waals surface area (Å²) in [4.78, 5) is 23.9. The molecule has 2 aromatic carbocycles. The third-order valence-corrected chi connectivity index (χ3v) is 4.35. The van der Waals surface area contributed by atoms with Crippen LogP contribution in [0.3, 0.4) is 0 Å². The number of para-hydroxylation sites is 1. The van der Waals surface area contributed by atoms with Gasteiger partial charge < -0.3 is 15.2 Å². The number of thiophene rings is 1. The minimum absolute atomic E-state index is 0.0928. The van der Waals surface area contributed by atoms with E-state index in [-0.39, 0.29) is 11.4 Å². The first-order chi connectivity index (χ1) is 13.0. The highest BCUT2D eigenvalue weighted by atomic mass is 32.1. The molecule has 0 atom stereocenters. The summed E-state index contributed by atoms with van der Waals surface area (Å²) in [5.74, 6) is -1.73. The zero-order valence-corrected chi connectivity index (χ0v) is 14.7. The number of carbonyl (C=O) groups excluding carboxylic acids is 1. The van der Waals surface area contributed by atoms with Crippen molar-refractivity contribution in [2.75, 3.05) is 0 Å². The van der Waals surface area contributed by atoms with Crippen LogP contribution >= 0.6 is 11.3 Å². The van der Waals surface area contributed by atoms with Crippen LogP contribution < -0.4 is 10.1 Å². The summed E-state index contributed by atoms with van der Waals surface area (Å²) >= 11 is 1.22. The second-order valence-corrected chi connectivity index (χ2v) is 6.34. The molecule has 0 aliphatic heterocycles. The molecule has 0 fully saturated rings. The van der Waals surface area contributed by atoms with Gasteiger partial charge in [0, 0.05) is 0 Å². The molecule has 27 heavy (non-hydrogen) atoms. The first-order valence-electron chi connectivity index (χ1n) is 7.85. The minimum Gasteiger partial charge on any atom is -0.477 e. The molecule has 0 aliphatic carbocycles. The predicted octanol–water partition coefficient (Wildman–Crippen LogP) is 4.54. The third kappa shape index (κ3) is 4.80. The molecule has 1 heterocycles. The van der Waals surface area contributed by atoms with Gasteiger partial charge in [0.2, 0.25) is 0 Å². The van der Waals surface area contributed by atoms with Crippen molar-refractivity contribution in [3.63, 3.8) is 0 Å². The van der Waals surface area contributed by atoms with Gasteiger partial charge in [-0.25, -0.2) is 9.18 Å². The molecule has 0 unspecified atom stereocenters. The number of halogens is 1. The molecule has 136 valence electrons. The molecular formula is C20H14FNO4S. The first-order valence-corrected chi connectivity index (χ1v) is 8.73. The van der Waals surface area contributed by atoms with Gasteiger partial charge >= 0.3 is 5.97 Å². The minimum atomic E-state index is -1.26. The number of nitrogens with one attached hydrogen (secondary N) is 1. The second kappa shape index (κ2) is 8.29. The second-order valence-electron chi connectivity index (χ2n) is 5.40. The molecule has 0 saturated carbocycles. The zero-order valence-electron chi connectivity index (χ0n) is 13.9. The number of rotatable bonds is 6. The van der Waals surface area contributed by atoms with Gasteiger partial charge in [-0.3, -0.25) is 4.79 Å². The number of hydrogen-bond donors (Lipinski definition) is 2. The number of amides is 1. The molecule has 0 radical (unpaired) electrons. The number of ether oxygens (including phenoxy) is 1. The molecular weight excluding hydrogens is 369 g/mol. The maximum absolute atomic E-state index is 13.6. The molecule has 0 bridgehead atoms. The highest BCUT2D eigenvalue weighted by Gasteiger charge is 2.14. The van der Waals surface area contributed by atoms with Crippen LogP contribution in [0.5, 0.6) is 11.5 Å². The maximum Gasteiger partial charge on any atom is 0.352 e. The van der Waals surface area contributed by atoms with Crippen molar-refractivity contribution in [3.8, 4) is 11.5 Å². The van der Waals surface area contributed by atoms with Crippen molar-refractivity contribution in [3.05, 3.63) is 88.0 Å². The number of carboxylic acid groups (broad SMARTS) is 1. The summed E-state index contributed by atoms with van der Waals surface area (Å²) < 4.78 is 19.1. The van der Waals surface area contributed by atoms with E-state index in [2.05, 4.69) is 5.32 Å². The largest absolute Gasteiger partial charge is 0.477 e. The van der Waals surface area contributed by atoms with Crippen molar-refractivity contribution in [2.24, 2.45) is 0 Å². The topological polar surface area (TPSA) is 75.6 Å². The third-order valence-electron chi connectivity index (χ3n) is 3.48. The lowest BCUT2D eigenvalue weighted by Gasteiger charge is -2.07. The van der Waals surface area contributed by atoms with Crippen molar-refractivity contribution < 1.29 is 23.8 Å². The Hall–Kier alpha value is -3.45. The lowest BCUT2D eigenvalue weighted by molar-refractivity contribution is -0.132. The molecule has 0 spiro atoms. The van der Waals surface area contributed by atoms with Crippen molar-refractivity contribution in [1.29, 1.82) is 0 Å². The van der Waals surface area contributed by atoms with Crippen LogP contribution in [0.4, 0.5) is 4.39 Å². The van der Waals surface area contributed by atoms with Crippen LogP contribution in [0.15, 0.2) is 71.7 Å². The highest BCUT2D eigenvalue weighted by molar-refractivity contribution is 7.12. The van der Waals surface area contributed by atoms with E-state index in [1.54, 1.807) is 53.9 Å². The van der Waals surface area contributed by atoms with E-state index in [1.165, 1.54) is 29.5 Å². The quantitative estimate of drug-likeness (QED) is 0.613. The van der Waals surface area contributed by atoms with E-state index >= 15 is 0 Å². The smallest absolute Gasteiger partial charge is 0.352 e. The van der Waals surface area contributed by atoms with Crippen molar-refractivity contribution in [2.45, 2.75) is 0 Å². The Morgan fingerprint density at radius 3 is 2.41 bits per heavy atom. The standard InChI is InChI=1S/C20H14FNO4S/c21-15-4-1-2-5-17(15)26-14-9-7-13(8-10-14)12-16(20(24)25)22-19(23)18-6-3-11-27-18/h1-12H,(H,22,23)(H,24,25)/b16-12-. The van der Waals surface area contributed by atoms with Crippen LogP contribution in [0.25, 0.3) is 6.08 Å². The predicted molar refractivity (Wildman–Crippen MR) is 100 cm³/mol. The Morgan fingerprint density at radius 1 is 1.04 bits per heavy atom. The summed E-state index contributed by atoms with van der Waals surface area (Å²) in [6.45, 7) is 0. The monoisotopic (exact) mass is 383 g/mol. The van der Waals surface area contributed by atoms with Gasteiger partial charge in [0.15, 0.2) is 11.6 Å². The molecule has 3 rings (SSSR count). The Labute approximate surface area is 158 Å². The van der Waals surface area contributed by atoms with Crippen molar-refractivity contribution >= 4 is 29.3 Å². The van der Waals surface area contributed by atoms with Crippen LogP contribution in [0.1, 0.15) is 15.2 Å². The number of carbonyl (C=O) groups is 2. The van der Waals surface area contributed by atoms with Gasteiger partial charge in [0.05, 0.1) is 4.88 Å². The zero-order chi connectivity index (χ0) is 19.2. The van der Waals surface area contributed by atoms with Gasteiger partial charge in [-0.1, -0.05) is 30.3 Å². The van der Waals surface area contributed by atoms with E-state index in [9.17, 15) is 19.1 Å².